The van der Waals surface area contributed by atoms with Crippen molar-refractivity contribution in [1.29, 1.82) is 0 Å². The minimum Gasteiger partial charge on any atom is -0.445 e. The van der Waals surface area contributed by atoms with Crippen LogP contribution in [0.2, 0.25) is 0 Å². The molecule has 0 bridgehead atoms. The second-order valence-corrected chi connectivity index (χ2v) is 24.2. The highest BCUT2D eigenvalue weighted by atomic mass is 16.8. The number of benzene rings is 6. The number of nitrogens with one attached hydrogen (secondary N) is 6. The average Bonchev–Trinajstić information content (AvgIpc) is 1.74. The summed E-state index contributed by atoms with van der Waals surface area (Å²) in [5, 5.41) is 87.3. The summed E-state index contributed by atoms with van der Waals surface area (Å²) in [6.07, 6.45) is -31.7. The first kappa shape index (κ1) is 74.2. The maximum Gasteiger partial charge on any atom is 0.407 e. The van der Waals surface area contributed by atoms with E-state index in [1.165, 1.54) is 0 Å². The van der Waals surface area contributed by atoms with Gasteiger partial charge in [0.05, 0.1) is 30.9 Å². The van der Waals surface area contributed by atoms with Gasteiger partial charge in [0.25, 0.3) is 0 Å². The molecule has 30 heteroatoms. The lowest BCUT2D eigenvalue weighted by molar-refractivity contribution is -0.299. The van der Waals surface area contributed by atoms with Crippen molar-refractivity contribution >= 4 is 36.6 Å². The second kappa shape index (κ2) is 37.2. The first-order valence-corrected chi connectivity index (χ1v) is 32.8. The standard InChI is InChI=1S/C71H82N6O24/c78-35-53-61(100-64-55(77-71(89)95-41-47-29-17-6-18-30-47)58(82)57(81)52(97-64)34-73-67(85)91-37-43-21-9-2-10-22-43)59(83)65(98-53)101-62-56(80)49(74-68(86)92-38-44-23-11-3-12-24-44)32-50(75-69(87)93-39-45-25-13-4-14-26-45)60(62)99-63-54(76-70(88)94-40-46-27-15-5-16-28-46)51(79)31-48(96-63)33-72-66(84)90-36-42-19-7-1-8-20-42/h1-30,48-65,78-83H,31-41H2,(H,72,84)(H,73,85)(H,74,86)(H,75,87)(H,76,88)(H,77,89)/t48-,49+,50-,51-,52-,53+,54+,55+,56-,57+,58+,59+,60+,61+,62+,63+,64+,65-/m0/s1. The van der Waals surface area contributed by atoms with Gasteiger partial charge in [-0.15, -0.1) is 0 Å². The van der Waals surface area contributed by atoms with Crippen LogP contribution in [0.25, 0.3) is 0 Å². The van der Waals surface area contributed by atoms with Crippen LogP contribution in [-0.2, 0) is 96.5 Å². The monoisotopic (exact) mass is 1400 g/mol. The Kier molecular flexibility index (Phi) is 27.3. The molecule has 4 fully saturated rings. The van der Waals surface area contributed by atoms with E-state index in [-0.39, 0.29) is 52.6 Å². The van der Waals surface area contributed by atoms with E-state index in [0.29, 0.717) is 33.4 Å². The number of carbonyl (C=O) groups excluding carboxylic acids is 6. The molecule has 4 aliphatic rings. The van der Waals surface area contributed by atoms with Crippen molar-refractivity contribution in [3.05, 3.63) is 215 Å². The molecular weight excluding hydrogens is 1320 g/mol. The fraction of sp³-hybridized carbons (Fsp3) is 0.408. The topological polar surface area (TPSA) is 407 Å². The fourth-order valence-corrected chi connectivity index (χ4v) is 11.7. The van der Waals surface area contributed by atoms with Gasteiger partial charge in [-0.05, 0) is 39.8 Å². The largest absolute Gasteiger partial charge is 0.445 e. The van der Waals surface area contributed by atoms with Crippen LogP contribution in [0.3, 0.4) is 0 Å². The van der Waals surface area contributed by atoms with E-state index < -0.39 is 166 Å². The summed E-state index contributed by atoms with van der Waals surface area (Å²) in [7, 11) is 0. The van der Waals surface area contributed by atoms with Gasteiger partial charge >= 0.3 is 36.6 Å². The second-order valence-electron chi connectivity index (χ2n) is 24.2. The van der Waals surface area contributed by atoms with Gasteiger partial charge in [0.2, 0.25) is 0 Å². The molecule has 18 atom stereocenters. The van der Waals surface area contributed by atoms with Crippen LogP contribution in [0.1, 0.15) is 46.2 Å². The molecule has 3 saturated heterocycles. The summed E-state index contributed by atoms with van der Waals surface area (Å²) < 4.78 is 71.7. The molecule has 6 aromatic carbocycles. The SMILES string of the molecule is O=C(NC[C@@H]1C[C@H](O)[C@@H](NC(=O)OCc2ccccc2)[C@@H](O[C@H]2[C@H](O[C@@H]3O[C@H](CO)[C@@H](O[C@H]4O[C@@H](CNC(=O)OCc5ccccc5)[C@@H](O)[C@H](O)[C@H]4NC(=O)OCc4ccccc4)[C@H]3O)[C@@H](O)[C@H](NC(=O)OCc3ccccc3)C[C@@H]2NC(=O)OCc2ccccc2)O1)OCc1ccccc1. The number of aliphatic hydroxyl groups is 6. The molecule has 0 aromatic heterocycles. The average molecular weight is 1400 g/mol. The van der Waals surface area contributed by atoms with Crippen LogP contribution < -0.4 is 31.9 Å². The summed E-state index contributed by atoms with van der Waals surface area (Å²) in [5.41, 5.74) is 3.74. The van der Waals surface area contributed by atoms with Gasteiger partial charge in [0, 0.05) is 19.5 Å². The van der Waals surface area contributed by atoms with Gasteiger partial charge in [-0.3, -0.25) is 0 Å². The van der Waals surface area contributed by atoms with Gasteiger partial charge < -0.3 is 119 Å². The van der Waals surface area contributed by atoms with E-state index in [0.717, 1.165) is 0 Å². The summed E-state index contributed by atoms with van der Waals surface area (Å²) in [6.45, 7) is -2.96. The molecule has 12 N–H and O–H groups in total. The summed E-state index contributed by atoms with van der Waals surface area (Å²) in [5.74, 6) is 0. The van der Waals surface area contributed by atoms with Crippen LogP contribution in [-0.4, -0.2) is 197 Å². The quantitative estimate of drug-likeness (QED) is 0.0325. The Morgan fingerprint density at radius 3 is 1.14 bits per heavy atom. The van der Waals surface area contributed by atoms with Crippen LogP contribution in [0.15, 0.2) is 182 Å². The highest BCUT2D eigenvalue weighted by molar-refractivity contribution is 5.70. The highest BCUT2D eigenvalue weighted by Crippen LogP contribution is 2.36. The number of aliphatic hydroxyl groups excluding tert-OH is 6. The van der Waals surface area contributed by atoms with Crippen molar-refractivity contribution in [3.63, 3.8) is 0 Å². The lowest BCUT2D eigenvalue weighted by Crippen LogP contribution is -2.69. The van der Waals surface area contributed by atoms with Crippen molar-refractivity contribution in [1.82, 2.24) is 31.9 Å². The molecule has 3 heterocycles. The van der Waals surface area contributed by atoms with E-state index in [2.05, 4.69) is 31.9 Å². The van der Waals surface area contributed by atoms with Crippen LogP contribution in [0.5, 0.6) is 0 Å². The molecule has 101 heavy (non-hydrogen) atoms. The molecule has 0 unspecified atom stereocenters. The number of alkyl carbamates (subject to hydrolysis) is 6. The molecule has 6 amide bonds. The fourth-order valence-electron chi connectivity index (χ4n) is 11.7. The molecular formula is C71H82N6O24. The molecule has 6 aromatic rings. The van der Waals surface area contributed by atoms with Crippen molar-refractivity contribution in [3.8, 4) is 0 Å². The Hall–Kier alpha value is -9.54. The van der Waals surface area contributed by atoms with Gasteiger partial charge in [-0.1, -0.05) is 182 Å². The predicted octanol–water partition coefficient (Wildman–Crippen LogP) is 3.94. The first-order chi connectivity index (χ1) is 49.0. The number of amides is 6. The minimum atomic E-state index is -2.08. The van der Waals surface area contributed by atoms with Gasteiger partial charge in [-0.25, -0.2) is 28.8 Å². The molecule has 0 spiro atoms. The summed E-state index contributed by atoms with van der Waals surface area (Å²) in [4.78, 5) is 81.6. The number of carbonyl (C=O) groups is 6. The van der Waals surface area contributed by atoms with E-state index in [1.54, 1.807) is 182 Å². The van der Waals surface area contributed by atoms with Crippen molar-refractivity contribution in [2.45, 2.75) is 163 Å². The number of hydrogen-bond acceptors (Lipinski definition) is 24. The van der Waals surface area contributed by atoms with Gasteiger partial charge in [0.15, 0.2) is 18.9 Å². The summed E-state index contributed by atoms with van der Waals surface area (Å²) >= 11 is 0. The van der Waals surface area contributed by atoms with Crippen molar-refractivity contribution in [2.75, 3.05) is 19.7 Å². The Morgan fingerprint density at radius 1 is 0.347 bits per heavy atom. The van der Waals surface area contributed by atoms with Gasteiger partial charge in [0.1, 0.15) is 107 Å². The van der Waals surface area contributed by atoms with E-state index in [1.807, 2.05) is 0 Å². The number of ether oxygens (including phenoxy) is 12. The van der Waals surface area contributed by atoms with Crippen molar-refractivity contribution in [2.24, 2.45) is 0 Å². The maximum atomic E-state index is 14.2. The van der Waals surface area contributed by atoms with Crippen LogP contribution in [0, 0.1) is 0 Å². The Labute approximate surface area is 580 Å². The molecule has 1 saturated carbocycles. The zero-order chi connectivity index (χ0) is 71.0. The molecule has 30 nitrogen and oxygen atoms in total. The van der Waals surface area contributed by atoms with E-state index in [9.17, 15) is 59.4 Å². The highest BCUT2D eigenvalue weighted by Gasteiger charge is 2.56. The third-order valence-corrected chi connectivity index (χ3v) is 16.9. The third kappa shape index (κ3) is 21.7. The Morgan fingerprint density at radius 2 is 0.703 bits per heavy atom. The molecule has 10 rings (SSSR count). The number of hydrogen-bond donors (Lipinski definition) is 12. The third-order valence-electron chi connectivity index (χ3n) is 16.9. The molecule has 540 valence electrons. The van der Waals surface area contributed by atoms with Crippen LogP contribution >= 0.6 is 0 Å². The van der Waals surface area contributed by atoms with Crippen LogP contribution in [0.4, 0.5) is 28.8 Å². The number of rotatable bonds is 27. The maximum absolute atomic E-state index is 14.2. The van der Waals surface area contributed by atoms with Crippen molar-refractivity contribution < 1.29 is 116 Å². The Bertz CT molecular complexity index is 3550. The lowest BCUT2D eigenvalue weighted by Gasteiger charge is -2.48. The lowest BCUT2D eigenvalue weighted by atomic mass is 9.83. The zero-order valence-corrected chi connectivity index (χ0v) is 54.5. The van der Waals surface area contributed by atoms with E-state index >= 15 is 0 Å². The molecule has 1 aliphatic carbocycles. The Balaban J connectivity index is 0.950. The zero-order valence-electron chi connectivity index (χ0n) is 54.5. The molecule has 0 radical (unpaired) electrons. The smallest absolute Gasteiger partial charge is 0.407 e. The predicted molar refractivity (Wildman–Crippen MR) is 350 cm³/mol. The van der Waals surface area contributed by atoms with E-state index in [4.69, 9.17) is 56.8 Å². The normalized spacial score (nSPS) is 27.6. The first-order valence-electron chi connectivity index (χ1n) is 32.8. The minimum absolute atomic E-state index is 0.0950. The molecule has 3 aliphatic heterocycles. The summed E-state index contributed by atoms with van der Waals surface area (Å²) in [6, 6.07) is 45.9. The van der Waals surface area contributed by atoms with Gasteiger partial charge in [-0.2, -0.15) is 0 Å².